The lowest BCUT2D eigenvalue weighted by atomic mass is 10.1. The predicted octanol–water partition coefficient (Wildman–Crippen LogP) is 3.12. The van der Waals surface area contributed by atoms with E-state index in [9.17, 15) is 9.59 Å². The quantitative estimate of drug-likeness (QED) is 0.736. The van der Waals surface area contributed by atoms with Gasteiger partial charge in [0, 0.05) is 32.2 Å². The predicted molar refractivity (Wildman–Crippen MR) is 121 cm³/mol. The molecule has 1 unspecified atom stereocenters. The Balaban J connectivity index is 1.43. The highest BCUT2D eigenvalue weighted by atomic mass is 35.5. The third-order valence-corrected chi connectivity index (χ3v) is 5.79. The number of rotatable bonds is 7. The Morgan fingerprint density at radius 1 is 1.00 bits per heavy atom. The van der Waals surface area contributed by atoms with E-state index in [1.165, 1.54) is 5.56 Å². The molecule has 160 valence electrons. The molecule has 0 radical (unpaired) electrons. The number of nitrogens with zero attached hydrogens (tertiary/aromatic N) is 3. The van der Waals surface area contributed by atoms with E-state index in [-0.39, 0.29) is 24.9 Å². The summed E-state index contributed by atoms with van der Waals surface area (Å²) in [6.45, 7) is 5.65. The number of amides is 2. The fraction of sp³-hybridized carbons (Fsp3) is 0.391. The molecule has 1 saturated heterocycles. The van der Waals surface area contributed by atoms with Crippen LogP contribution in [0.15, 0.2) is 54.6 Å². The van der Waals surface area contributed by atoms with Gasteiger partial charge in [0.1, 0.15) is 0 Å². The number of likely N-dealkylation sites (N-methyl/N-ethyl adjacent to an activating group) is 1. The largest absolute Gasteiger partial charge is 0.339 e. The molecule has 1 aliphatic heterocycles. The Morgan fingerprint density at radius 2 is 1.63 bits per heavy atom. The zero-order valence-electron chi connectivity index (χ0n) is 17.6. The van der Waals surface area contributed by atoms with E-state index in [4.69, 9.17) is 11.6 Å². The van der Waals surface area contributed by atoms with Crippen LogP contribution in [0.2, 0.25) is 5.02 Å². The Hall–Kier alpha value is -2.41. The molecular weight excluding hydrogens is 400 g/mol. The molecule has 1 heterocycles. The number of carbonyl (C=O) groups is 2. The van der Waals surface area contributed by atoms with Crippen molar-refractivity contribution in [3.63, 3.8) is 0 Å². The molecule has 2 aromatic rings. The molecule has 7 heteroatoms. The highest BCUT2D eigenvalue weighted by molar-refractivity contribution is 6.33. The van der Waals surface area contributed by atoms with Crippen molar-refractivity contribution < 1.29 is 9.59 Å². The number of anilines is 1. The van der Waals surface area contributed by atoms with Gasteiger partial charge >= 0.3 is 0 Å². The molecule has 0 aromatic heterocycles. The van der Waals surface area contributed by atoms with Gasteiger partial charge in [-0.15, -0.1) is 0 Å². The van der Waals surface area contributed by atoms with Gasteiger partial charge in [0.05, 0.1) is 23.8 Å². The molecule has 2 amide bonds. The lowest BCUT2D eigenvalue weighted by Crippen LogP contribution is -2.51. The lowest BCUT2D eigenvalue weighted by Gasteiger charge is -2.38. The van der Waals surface area contributed by atoms with Gasteiger partial charge in [0.2, 0.25) is 11.8 Å². The maximum absolute atomic E-state index is 12.7. The number of piperazine rings is 1. The molecule has 0 saturated carbocycles. The summed E-state index contributed by atoms with van der Waals surface area (Å²) < 4.78 is 0. The van der Waals surface area contributed by atoms with Crippen LogP contribution in [0, 0.1) is 0 Å². The first-order chi connectivity index (χ1) is 14.4. The Bertz CT molecular complexity index is 853. The molecule has 0 aliphatic carbocycles. The van der Waals surface area contributed by atoms with Gasteiger partial charge in [-0.25, -0.2) is 0 Å². The molecule has 1 atom stereocenters. The Labute approximate surface area is 183 Å². The van der Waals surface area contributed by atoms with Gasteiger partial charge in [-0.2, -0.15) is 0 Å². The van der Waals surface area contributed by atoms with Crippen molar-refractivity contribution in [3.8, 4) is 0 Å². The van der Waals surface area contributed by atoms with Crippen LogP contribution in [-0.2, 0) is 9.59 Å². The highest BCUT2D eigenvalue weighted by Gasteiger charge is 2.25. The minimum Gasteiger partial charge on any atom is -0.339 e. The van der Waals surface area contributed by atoms with E-state index < -0.39 is 0 Å². The van der Waals surface area contributed by atoms with E-state index in [1.54, 1.807) is 24.1 Å². The minimum atomic E-state index is -0.195. The molecule has 1 fully saturated rings. The zero-order chi connectivity index (χ0) is 21.5. The second-order valence-corrected chi connectivity index (χ2v) is 8.11. The second kappa shape index (κ2) is 10.6. The van der Waals surface area contributed by atoms with Gasteiger partial charge < -0.3 is 10.2 Å². The number of hydrogen-bond donors (Lipinski definition) is 1. The van der Waals surface area contributed by atoms with Crippen LogP contribution in [0.5, 0.6) is 0 Å². The summed E-state index contributed by atoms with van der Waals surface area (Å²) in [7, 11) is 1.78. The number of carbonyl (C=O) groups excluding carboxylic acids is 2. The maximum Gasteiger partial charge on any atom is 0.238 e. The maximum atomic E-state index is 12.7. The first kappa shape index (κ1) is 22.3. The first-order valence-electron chi connectivity index (χ1n) is 10.2. The van der Waals surface area contributed by atoms with Crippen molar-refractivity contribution in [3.05, 3.63) is 65.2 Å². The molecule has 1 aliphatic rings. The topological polar surface area (TPSA) is 55.9 Å². The number of halogens is 1. The van der Waals surface area contributed by atoms with E-state index in [0.717, 1.165) is 13.1 Å². The molecule has 3 rings (SSSR count). The van der Waals surface area contributed by atoms with E-state index in [2.05, 4.69) is 41.4 Å². The fourth-order valence-corrected chi connectivity index (χ4v) is 3.87. The van der Waals surface area contributed by atoms with E-state index in [1.807, 2.05) is 23.1 Å². The van der Waals surface area contributed by atoms with Crippen LogP contribution >= 0.6 is 11.6 Å². The van der Waals surface area contributed by atoms with Crippen molar-refractivity contribution in [2.45, 2.75) is 13.0 Å². The summed E-state index contributed by atoms with van der Waals surface area (Å²) in [6, 6.07) is 17.9. The van der Waals surface area contributed by atoms with Crippen molar-refractivity contribution in [2.24, 2.45) is 0 Å². The molecule has 1 N–H and O–H groups in total. The second-order valence-electron chi connectivity index (χ2n) is 7.70. The zero-order valence-corrected chi connectivity index (χ0v) is 18.3. The fourth-order valence-electron chi connectivity index (χ4n) is 3.69. The summed E-state index contributed by atoms with van der Waals surface area (Å²) in [5.41, 5.74) is 1.87. The van der Waals surface area contributed by atoms with Crippen molar-refractivity contribution in [2.75, 3.05) is 51.6 Å². The van der Waals surface area contributed by atoms with Gasteiger partial charge in [0.15, 0.2) is 0 Å². The number of para-hydroxylation sites is 1. The highest BCUT2D eigenvalue weighted by Crippen LogP contribution is 2.22. The summed E-state index contributed by atoms with van der Waals surface area (Å²) in [5, 5.41) is 3.28. The smallest absolute Gasteiger partial charge is 0.238 e. The van der Waals surface area contributed by atoms with Crippen LogP contribution in [0.25, 0.3) is 0 Å². The molecule has 0 bridgehead atoms. The molecule has 6 nitrogen and oxygen atoms in total. The third kappa shape index (κ3) is 6.05. The average molecular weight is 429 g/mol. The summed E-state index contributed by atoms with van der Waals surface area (Å²) in [6.07, 6.45) is 0. The normalized spacial score (nSPS) is 15.8. The Kier molecular flexibility index (Phi) is 7.85. The van der Waals surface area contributed by atoms with Gasteiger partial charge in [-0.05, 0) is 31.7 Å². The van der Waals surface area contributed by atoms with Crippen LogP contribution < -0.4 is 5.32 Å². The monoisotopic (exact) mass is 428 g/mol. The summed E-state index contributed by atoms with van der Waals surface area (Å²) in [4.78, 5) is 30.9. The molecule has 0 spiro atoms. The first-order valence-corrected chi connectivity index (χ1v) is 10.6. The van der Waals surface area contributed by atoms with Crippen LogP contribution in [0.1, 0.15) is 18.5 Å². The van der Waals surface area contributed by atoms with Gasteiger partial charge in [0.25, 0.3) is 0 Å². The molecule has 30 heavy (non-hydrogen) atoms. The SMILES string of the molecule is CC(c1ccccc1)N1CCN(C(=O)CN(C)CC(=O)Nc2ccccc2Cl)CC1. The Morgan fingerprint density at radius 3 is 2.30 bits per heavy atom. The van der Waals surface area contributed by atoms with E-state index >= 15 is 0 Å². The number of hydrogen-bond acceptors (Lipinski definition) is 4. The average Bonchev–Trinajstić information content (AvgIpc) is 2.75. The van der Waals surface area contributed by atoms with Crippen molar-refractivity contribution in [1.82, 2.24) is 14.7 Å². The third-order valence-electron chi connectivity index (χ3n) is 5.46. The van der Waals surface area contributed by atoms with Crippen molar-refractivity contribution in [1.29, 1.82) is 0 Å². The van der Waals surface area contributed by atoms with Crippen LogP contribution in [0.4, 0.5) is 5.69 Å². The van der Waals surface area contributed by atoms with E-state index in [0.29, 0.717) is 29.8 Å². The molecule has 2 aromatic carbocycles. The van der Waals surface area contributed by atoms with Gasteiger partial charge in [-0.1, -0.05) is 54.1 Å². The molecular formula is C23H29ClN4O2. The standard InChI is InChI=1S/C23H29ClN4O2/c1-18(19-8-4-3-5-9-19)27-12-14-28(15-13-27)23(30)17-26(2)16-22(29)25-21-11-7-6-10-20(21)24/h3-11,18H,12-17H2,1-2H3,(H,25,29). The van der Waals surface area contributed by atoms with Crippen molar-refractivity contribution >= 4 is 29.1 Å². The minimum absolute atomic E-state index is 0.0510. The van der Waals surface area contributed by atoms with Crippen LogP contribution in [0.3, 0.4) is 0 Å². The number of benzene rings is 2. The number of nitrogens with one attached hydrogen (secondary N) is 1. The van der Waals surface area contributed by atoms with Gasteiger partial charge in [-0.3, -0.25) is 19.4 Å². The summed E-state index contributed by atoms with van der Waals surface area (Å²) in [5.74, 6) is -0.144. The summed E-state index contributed by atoms with van der Waals surface area (Å²) >= 11 is 6.07. The van der Waals surface area contributed by atoms with Crippen LogP contribution in [-0.4, -0.2) is 72.8 Å². The lowest BCUT2D eigenvalue weighted by molar-refractivity contribution is -0.134.